The van der Waals surface area contributed by atoms with Gasteiger partial charge in [-0.05, 0) is 5.92 Å². The summed E-state index contributed by atoms with van der Waals surface area (Å²) in [5, 5.41) is 19.2. The van der Waals surface area contributed by atoms with E-state index in [1.165, 1.54) is 7.11 Å². The van der Waals surface area contributed by atoms with Crippen molar-refractivity contribution in [3.05, 3.63) is 6.92 Å². The van der Waals surface area contributed by atoms with Gasteiger partial charge in [0.2, 0.25) is 0 Å². The van der Waals surface area contributed by atoms with Crippen LogP contribution in [-0.4, -0.2) is 41.9 Å². The minimum atomic E-state index is -0.979. The van der Waals surface area contributed by atoms with Crippen LogP contribution in [0.5, 0.6) is 0 Å². The van der Waals surface area contributed by atoms with Gasteiger partial charge in [-0.1, -0.05) is 19.4 Å². The molecule has 1 saturated heterocycles. The summed E-state index contributed by atoms with van der Waals surface area (Å²) in [4.78, 5) is 0. The van der Waals surface area contributed by atoms with Crippen LogP contribution in [0, 0.1) is 12.8 Å². The number of aliphatic hydroxyl groups is 2. The van der Waals surface area contributed by atoms with Crippen LogP contribution in [-0.2, 0) is 70.7 Å². The minimum absolute atomic E-state index is 0. The van der Waals surface area contributed by atoms with Crippen molar-refractivity contribution in [2.45, 2.75) is 37.9 Å². The topological polar surface area (TPSA) is 58.9 Å². The van der Waals surface area contributed by atoms with Gasteiger partial charge in [0, 0.05) is 68.4 Å². The SMILES string of the molecule is [CH2-]C1O[C@@H](OC)C(O)[C@@H](O)[C@@H]1CC.[Re].[Re].[Re]. The van der Waals surface area contributed by atoms with Crippen molar-refractivity contribution in [3.8, 4) is 0 Å². The second kappa shape index (κ2) is 10.7. The van der Waals surface area contributed by atoms with Crippen LogP contribution in [0.2, 0.25) is 0 Å². The second-order valence-electron chi connectivity index (χ2n) is 3.33. The first kappa shape index (κ1) is 23.0. The Bertz CT molecular complexity index is 173. The van der Waals surface area contributed by atoms with Gasteiger partial charge in [-0.25, -0.2) is 0 Å². The first-order valence-electron chi connectivity index (χ1n) is 4.49. The van der Waals surface area contributed by atoms with Gasteiger partial charge >= 0.3 is 0 Å². The molecule has 1 rings (SSSR count). The zero-order valence-electron chi connectivity index (χ0n) is 9.15. The minimum Gasteiger partial charge on any atom is -0.390 e. The molecule has 0 aliphatic carbocycles. The molecule has 0 aromatic heterocycles. The largest absolute Gasteiger partial charge is 0.390 e. The molecule has 0 bridgehead atoms. The van der Waals surface area contributed by atoms with E-state index >= 15 is 0 Å². The zero-order chi connectivity index (χ0) is 10.0. The first-order chi connectivity index (χ1) is 6.11. The van der Waals surface area contributed by atoms with Crippen molar-refractivity contribution in [3.63, 3.8) is 0 Å². The normalized spacial score (nSPS) is 37.7. The molecular weight excluding hydrogens is 731 g/mol. The van der Waals surface area contributed by atoms with Gasteiger partial charge in [-0.2, -0.15) is 0 Å². The van der Waals surface area contributed by atoms with Crippen molar-refractivity contribution in [1.82, 2.24) is 0 Å². The average Bonchev–Trinajstić information content (AvgIpc) is 2.12. The van der Waals surface area contributed by atoms with Crippen molar-refractivity contribution in [2.24, 2.45) is 5.92 Å². The summed E-state index contributed by atoms with van der Waals surface area (Å²) in [7, 11) is 1.43. The molecule has 3 radical (unpaired) electrons. The molecule has 5 atom stereocenters. The Hall–Kier alpha value is 1.83. The molecule has 16 heavy (non-hydrogen) atoms. The van der Waals surface area contributed by atoms with Crippen LogP contribution in [0.25, 0.3) is 0 Å². The maximum atomic E-state index is 9.66. The maximum absolute atomic E-state index is 9.66. The van der Waals surface area contributed by atoms with E-state index in [0.29, 0.717) is 0 Å². The molecule has 1 aliphatic heterocycles. The fourth-order valence-electron chi connectivity index (χ4n) is 1.69. The molecular formula is C9H17O4Re3-. The molecule has 2 N–H and O–H groups in total. The number of hydrogen-bond donors (Lipinski definition) is 2. The van der Waals surface area contributed by atoms with Crippen LogP contribution in [0.15, 0.2) is 0 Å². The van der Waals surface area contributed by atoms with Crippen molar-refractivity contribution in [2.75, 3.05) is 7.11 Å². The standard InChI is InChI=1S/C9H17O4.3Re/c1-4-6-5(2)13-9(12-3)8(11)7(6)10;;;/h5-11H,2,4H2,1,3H3;;;/q-1;;;/t5?,6-,7+,8?,9-;;;/m1.../s1. The molecule has 7 heteroatoms. The van der Waals surface area contributed by atoms with Crippen LogP contribution in [0.3, 0.4) is 0 Å². The maximum Gasteiger partial charge on any atom is 0.183 e. The van der Waals surface area contributed by atoms with E-state index < -0.39 is 18.5 Å². The molecule has 2 unspecified atom stereocenters. The molecule has 0 saturated carbocycles. The number of methoxy groups -OCH3 is 1. The Labute approximate surface area is 138 Å². The molecule has 4 nitrogen and oxygen atoms in total. The quantitative estimate of drug-likeness (QED) is 0.389. The summed E-state index contributed by atoms with van der Waals surface area (Å²) in [5.74, 6) is -0.124. The monoisotopic (exact) mass is 750 g/mol. The summed E-state index contributed by atoms with van der Waals surface area (Å²) < 4.78 is 10.1. The Morgan fingerprint density at radius 1 is 1.19 bits per heavy atom. The molecule has 99 valence electrons. The predicted molar refractivity (Wildman–Crippen MR) is 46.8 cm³/mol. The van der Waals surface area contributed by atoms with Gasteiger partial charge in [0.05, 0.1) is 6.10 Å². The van der Waals surface area contributed by atoms with Gasteiger partial charge in [0.1, 0.15) is 6.10 Å². The number of ether oxygens (including phenoxy) is 2. The fraction of sp³-hybridized carbons (Fsp3) is 0.889. The van der Waals surface area contributed by atoms with E-state index in [1.807, 2.05) is 6.92 Å². The summed E-state index contributed by atoms with van der Waals surface area (Å²) in [5.41, 5.74) is 0. The van der Waals surface area contributed by atoms with Crippen molar-refractivity contribution in [1.29, 1.82) is 0 Å². The van der Waals surface area contributed by atoms with Crippen LogP contribution >= 0.6 is 0 Å². The number of aliphatic hydroxyl groups excluding tert-OH is 2. The van der Waals surface area contributed by atoms with Crippen LogP contribution in [0.1, 0.15) is 13.3 Å². The third-order valence-electron chi connectivity index (χ3n) is 2.56. The first-order valence-corrected chi connectivity index (χ1v) is 4.49. The third-order valence-corrected chi connectivity index (χ3v) is 2.56. The van der Waals surface area contributed by atoms with Crippen LogP contribution < -0.4 is 0 Å². The smallest absolute Gasteiger partial charge is 0.183 e. The summed E-state index contributed by atoms with van der Waals surface area (Å²) in [6.45, 7) is 5.69. The molecule has 1 heterocycles. The van der Waals surface area contributed by atoms with Gasteiger partial charge in [-0.3, -0.25) is 0 Å². The Kier molecular flexibility index (Phi) is 15.4. The number of rotatable bonds is 2. The zero-order valence-corrected chi connectivity index (χ0v) is 17.3. The van der Waals surface area contributed by atoms with E-state index in [4.69, 9.17) is 9.47 Å². The molecule has 1 aliphatic rings. The summed E-state index contributed by atoms with van der Waals surface area (Å²) in [6, 6.07) is 0. The second-order valence-corrected chi connectivity index (χ2v) is 3.33. The summed E-state index contributed by atoms with van der Waals surface area (Å²) >= 11 is 0. The van der Waals surface area contributed by atoms with Gasteiger partial charge in [-0.15, -0.1) is 0 Å². The third kappa shape index (κ3) is 5.22. The predicted octanol–water partition coefficient (Wildman–Crippen LogP) is -0.0677. The Morgan fingerprint density at radius 2 is 1.69 bits per heavy atom. The van der Waals surface area contributed by atoms with E-state index in [9.17, 15) is 10.2 Å². The Morgan fingerprint density at radius 3 is 2.06 bits per heavy atom. The molecule has 0 aromatic rings. The molecule has 0 amide bonds. The Balaban J connectivity index is -0.000000563. The van der Waals surface area contributed by atoms with Crippen LogP contribution in [0.4, 0.5) is 0 Å². The number of hydrogen-bond acceptors (Lipinski definition) is 4. The molecule has 1 fully saturated rings. The van der Waals surface area contributed by atoms with E-state index in [1.54, 1.807) is 0 Å². The fourth-order valence-corrected chi connectivity index (χ4v) is 1.69. The molecule has 0 spiro atoms. The van der Waals surface area contributed by atoms with Crippen molar-refractivity contribution >= 4 is 0 Å². The van der Waals surface area contributed by atoms with Crippen molar-refractivity contribution < 1.29 is 81.0 Å². The average molecular weight is 748 g/mol. The molecule has 0 aromatic carbocycles. The van der Waals surface area contributed by atoms with Gasteiger partial charge < -0.3 is 26.6 Å². The summed E-state index contributed by atoms with van der Waals surface area (Å²) in [6.07, 6.45) is -2.16. The van der Waals surface area contributed by atoms with E-state index in [0.717, 1.165) is 6.42 Å². The van der Waals surface area contributed by atoms with Gasteiger partial charge in [0.25, 0.3) is 0 Å². The van der Waals surface area contributed by atoms with E-state index in [-0.39, 0.29) is 73.3 Å². The van der Waals surface area contributed by atoms with Gasteiger partial charge in [0.15, 0.2) is 6.29 Å². The van der Waals surface area contributed by atoms with E-state index in [2.05, 4.69) is 6.92 Å².